The monoisotopic (exact) mass is 423 g/mol. The summed E-state index contributed by atoms with van der Waals surface area (Å²) in [6.07, 6.45) is 4.79. The van der Waals surface area contributed by atoms with E-state index < -0.39 is 17.6 Å². The molecule has 30 heavy (non-hydrogen) atoms. The maximum Gasteiger partial charge on any atom is 0.261 e. The highest BCUT2D eigenvalue weighted by Crippen LogP contribution is 2.24. The Kier molecular flexibility index (Phi) is 5.07. The van der Waals surface area contributed by atoms with E-state index in [-0.39, 0.29) is 21.8 Å². The van der Waals surface area contributed by atoms with Crippen LogP contribution in [0.15, 0.2) is 73.2 Å². The van der Waals surface area contributed by atoms with Gasteiger partial charge in [0.2, 0.25) is 5.91 Å². The molecule has 2 amide bonds. The molecule has 0 saturated carbocycles. The lowest BCUT2D eigenvalue weighted by atomic mass is 10.2. The van der Waals surface area contributed by atoms with Crippen LogP contribution in [-0.4, -0.2) is 26.2 Å². The molecule has 0 aliphatic rings. The van der Waals surface area contributed by atoms with Gasteiger partial charge in [0.15, 0.2) is 5.82 Å². The average Bonchev–Trinajstić information content (AvgIpc) is 3.39. The summed E-state index contributed by atoms with van der Waals surface area (Å²) in [6.45, 7) is 0. The third-order valence-corrected chi connectivity index (χ3v) is 4.74. The summed E-state index contributed by atoms with van der Waals surface area (Å²) in [5.74, 6) is -1.34. The molecule has 2 heterocycles. The van der Waals surface area contributed by atoms with Gasteiger partial charge in [-0.15, -0.1) is 0 Å². The van der Waals surface area contributed by atoms with Crippen molar-refractivity contribution in [2.75, 3.05) is 5.32 Å². The van der Waals surface area contributed by atoms with Gasteiger partial charge in [0.1, 0.15) is 17.1 Å². The minimum absolute atomic E-state index is 0.0853. The van der Waals surface area contributed by atoms with Crippen molar-refractivity contribution in [2.24, 2.45) is 5.73 Å². The normalized spacial score (nSPS) is 10.7. The Bertz CT molecular complexity index is 1250. The van der Waals surface area contributed by atoms with Crippen molar-refractivity contribution in [1.29, 1.82) is 0 Å². The predicted octanol–water partition coefficient (Wildman–Crippen LogP) is 3.81. The number of primary amides is 1. The second-order valence-electron chi connectivity index (χ2n) is 6.35. The Hall–Kier alpha value is -3.91. The second-order valence-corrected chi connectivity index (χ2v) is 6.76. The van der Waals surface area contributed by atoms with Crippen molar-refractivity contribution in [3.63, 3.8) is 0 Å². The third kappa shape index (κ3) is 3.56. The van der Waals surface area contributed by atoms with Crippen LogP contribution in [0.2, 0.25) is 5.02 Å². The number of rotatable bonds is 5. The average molecular weight is 424 g/mol. The maximum absolute atomic E-state index is 14.4. The number of hydrogen-bond acceptors (Lipinski definition) is 3. The van der Waals surface area contributed by atoms with Gasteiger partial charge in [0, 0.05) is 18.1 Å². The van der Waals surface area contributed by atoms with Crippen LogP contribution in [0, 0.1) is 5.82 Å². The molecule has 4 aromatic rings. The molecule has 0 fully saturated rings. The van der Waals surface area contributed by atoms with Gasteiger partial charge in [-0.1, -0.05) is 23.7 Å². The summed E-state index contributed by atoms with van der Waals surface area (Å²) < 4.78 is 17.4. The molecule has 9 heteroatoms. The number of halogens is 2. The molecule has 7 nitrogen and oxygen atoms in total. The van der Waals surface area contributed by atoms with Gasteiger partial charge in [0.25, 0.3) is 5.91 Å². The van der Waals surface area contributed by atoms with E-state index in [9.17, 15) is 14.0 Å². The van der Waals surface area contributed by atoms with E-state index in [1.54, 1.807) is 53.4 Å². The van der Waals surface area contributed by atoms with Crippen LogP contribution in [0.3, 0.4) is 0 Å². The molecule has 2 aromatic carbocycles. The topological polar surface area (TPSA) is 94.9 Å². The number of aromatic nitrogens is 3. The minimum Gasteiger partial charge on any atom is -0.366 e. The number of amides is 2. The molecule has 4 rings (SSSR count). The van der Waals surface area contributed by atoms with Gasteiger partial charge < -0.3 is 15.6 Å². The van der Waals surface area contributed by atoms with E-state index in [2.05, 4.69) is 10.4 Å². The first-order valence-corrected chi connectivity index (χ1v) is 9.20. The van der Waals surface area contributed by atoms with Gasteiger partial charge in [0.05, 0.1) is 16.8 Å². The molecule has 0 saturated heterocycles. The Morgan fingerprint density at radius 1 is 1.03 bits per heavy atom. The largest absolute Gasteiger partial charge is 0.366 e. The Labute approximate surface area is 175 Å². The first-order chi connectivity index (χ1) is 14.5. The number of carbonyl (C=O) groups is 2. The zero-order valence-electron chi connectivity index (χ0n) is 15.4. The summed E-state index contributed by atoms with van der Waals surface area (Å²) >= 11 is 5.96. The number of carbonyl (C=O) groups excluding carboxylic acids is 2. The van der Waals surface area contributed by atoms with Crippen molar-refractivity contribution in [3.05, 3.63) is 95.2 Å². The lowest BCUT2D eigenvalue weighted by Gasteiger charge is -2.12. The molecule has 150 valence electrons. The van der Waals surface area contributed by atoms with Crippen LogP contribution in [-0.2, 0) is 0 Å². The highest BCUT2D eigenvalue weighted by atomic mass is 35.5. The maximum atomic E-state index is 14.4. The van der Waals surface area contributed by atoms with E-state index >= 15 is 0 Å². The van der Waals surface area contributed by atoms with Crippen LogP contribution >= 0.6 is 11.6 Å². The van der Waals surface area contributed by atoms with Crippen molar-refractivity contribution in [3.8, 4) is 11.5 Å². The number of para-hydroxylation sites is 1. The number of nitrogens with two attached hydrogens (primary N) is 1. The number of anilines is 1. The first kappa shape index (κ1) is 19.4. The fraction of sp³-hybridized carbons (Fsp3) is 0. The van der Waals surface area contributed by atoms with Crippen LogP contribution in [0.25, 0.3) is 11.5 Å². The van der Waals surface area contributed by atoms with Crippen molar-refractivity contribution in [2.45, 2.75) is 0 Å². The lowest BCUT2D eigenvalue weighted by molar-refractivity contribution is 0.0996. The van der Waals surface area contributed by atoms with Gasteiger partial charge in [-0.25, -0.2) is 9.07 Å². The predicted molar refractivity (Wildman–Crippen MR) is 111 cm³/mol. The van der Waals surface area contributed by atoms with Crippen molar-refractivity contribution >= 4 is 29.1 Å². The fourth-order valence-electron chi connectivity index (χ4n) is 3.02. The molecule has 0 aliphatic carbocycles. The number of hydrogen-bond donors (Lipinski definition) is 2. The van der Waals surface area contributed by atoms with Crippen molar-refractivity contribution in [1.82, 2.24) is 14.3 Å². The molecular formula is C21H15ClFN5O2. The number of nitrogens with one attached hydrogen (secondary N) is 1. The molecule has 0 atom stereocenters. The van der Waals surface area contributed by atoms with E-state index in [0.717, 1.165) is 0 Å². The van der Waals surface area contributed by atoms with Crippen LogP contribution in [0.1, 0.15) is 20.7 Å². The summed E-state index contributed by atoms with van der Waals surface area (Å²) in [7, 11) is 0. The fourth-order valence-corrected chi connectivity index (χ4v) is 3.23. The standard InChI is InChI=1S/C21H15ClFN5O2/c22-16-8-7-13(11-14(16)19(24)29)26-20(30)15-12-25-28(18-6-2-1-5-17(18)23)21(15)27-9-3-4-10-27/h1-12H,(H2,24,29)(H,26,30). The molecule has 0 radical (unpaired) electrons. The van der Waals surface area contributed by atoms with Gasteiger partial charge >= 0.3 is 0 Å². The van der Waals surface area contributed by atoms with Crippen LogP contribution < -0.4 is 11.1 Å². The molecule has 0 unspecified atom stereocenters. The molecule has 3 N–H and O–H groups in total. The number of nitrogens with zero attached hydrogens (tertiary/aromatic N) is 3. The van der Waals surface area contributed by atoms with E-state index in [1.807, 2.05) is 0 Å². The summed E-state index contributed by atoms with van der Waals surface area (Å²) in [5.41, 5.74) is 6.12. The minimum atomic E-state index is -0.712. The second kappa shape index (κ2) is 7.84. The van der Waals surface area contributed by atoms with Gasteiger partial charge in [-0.05, 0) is 42.5 Å². The smallest absolute Gasteiger partial charge is 0.261 e. The SMILES string of the molecule is NC(=O)c1cc(NC(=O)c2cnn(-c3ccccc3F)c2-n2cccc2)ccc1Cl. The molecular weight excluding hydrogens is 409 g/mol. The quantitative estimate of drug-likeness (QED) is 0.511. The Morgan fingerprint density at radius 3 is 2.47 bits per heavy atom. The Balaban J connectivity index is 1.76. The third-order valence-electron chi connectivity index (χ3n) is 4.41. The molecule has 2 aromatic heterocycles. The highest BCUT2D eigenvalue weighted by Gasteiger charge is 2.22. The summed E-state index contributed by atoms with van der Waals surface area (Å²) in [4.78, 5) is 24.5. The van der Waals surface area contributed by atoms with Crippen molar-refractivity contribution < 1.29 is 14.0 Å². The molecule has 0 aliphatic heterocycles. The van der Waals surface area contributed by atoms with Gasteiger partial charge in [-0.3, -0.25) is 9.59 Å². The van der Waals surface area contributed by atoms with Crippen LogP contribution in [0.5, 0.6) is 0 Å². The van der Waals surface area contributed by atoms with E-state index in [4.69, 9.17) is 17.3 Å². The zero-order valence-corrected chi connectivity index (χ0v) is 16.2. The molecule has 0 bridgehead atoms. The first-order valence-electron chi connectivity index (χ1n) is 8.82. The summed E-state index contributed by atoms with van der Waals surface area (Å²) in [6, 6.07) is 14.1. The Morgan fingerprint density at radius 2 is 1.77 bits per heavy atom. The van der Waals surface area contributed by atoms with E-state index in [0.29, 0.717) is 11.5 Å². The lowest BCUT2D eigenvalue weighted by Crippen LogP contribution is -2.17. The van der Waals surface area contributed by atoms with Crippen LogP contribution in [0.4, 0.5) is 10.1 Å². The summed E-state index contributed by atoms with van der Waals surface area (Å²) in [5, 5.41) is 7.10. The number of benzene rings is 2. The van der Waals surface area contributed by atoms with Gasteiger partial charge in [-0.2, -0.15) is 5.10 Å². The van der Waals surface area contributed by atoms with E-state index in [1.165, 1.54) is 29.1 Å². The zero-order chi connectivity index (χ0) is 21.3. The molecule has 0 spiro atoms. The highest BCUT2D eigenvalue weighted by molar-refractivity contribution is 6.34.